The molecule has 2 aromatic carbocycles. The molecule has 2 aromatic heterocycles. The molecule has 0 amide bonds. The van der Waals surface area contributed by atoms with Crippen LogP contribution < -0.4 is 0 Å². The molecule has 0 saturated heterocycles. The third kappa shape index (κ3) is 3.36. The third-order valence-electron chi connectivity index (χ3n) is 4.90. The van der Waals surface area contributed by atoms with Crippen LogP contribution in [0.3, 0.4) is 0 Å². The van der Waals surface area contributed by atoms with Gasteiger partial charge in [0.05, 0.1) is 5.69 Å². The van der Waals surface area contributed by atoms with E-state index in [-0.39, 0.29) is 10.8 Å². The second-order valence-electron chi connectivity index (χ2n) is 9.33. The Hall–Kier alpha value is -2.62. The van der Waals surface area contributed by atoms with Crippen LogP contribution in [0.4, 0.5) is 0 Å². The first-order valence-electron chi connectivity index (χ1n) is 9.40. The summed E-state index contributed by atoms with van der Waals surface area (Å²) in [6.07, 6.45) is 0.643. The SMILES string of the molecule is CC(C)(C)c1ccc2nc(Cc3ccc4onc(C(C)(C)C)c4c3)oc2c1. The lowest BCUT2D eigenvalue weighted by Crippen LogP contribution is -2.11. The van der Waals surface area contributed by atoms with Gasteiger partial charge in [0, 0.05) is 17.2 Å². The van der Waals surface area contributed by atoms with Gasteiger partial charge in [-0.2, -0.15) is 0 Å². The van der Waals surface area contributed by atoms with Crippen molar-refractivity contribution in [2.24, 2.45) is 0 Å². The van der Waals surface area contributed by atoms with Crippen LogP contribution in [-0.4, -0.2) is 10.1 Å². The number of benzene rings is 2. The molecule has 0 aliphatic rings. The quantitative estimate of drug-likeness (QED) is 0.429. The molecule has 4 aromatic rings. The van der Waals surface area contributed by atoms with E-state index in [0.29, 0.717) is 6.42 Å². The van der Waals surface area contributed by atoms with E-state index in [1.165, 1.54) is 5.56 Å². The zero-order chi connectivity index (χ0) is 19.4. The van der Waals surface area contributed by atoms with Crippen molar-refractivity contribution in [1.82, 2.24) is 10.1 Å². The second kappa shape index (κ2) is 5.95. The topological polar surface area (TPSA) is 52.1 Å². The van der Waals surface area contributed by atoms with Crippen molar-refractivity contribution in [3.8, 4) is 0 Å². The highest BCUT2D eigenvalue weighted by molar-refractivity contribution is 5.81. The number of hydrogen-bond donors (Lipinski definition) is 0. The fourth-order valence-electron chi connectivity index (χ4n) is 3.33. The Morgan fingerprint density at radius 1 is 0.852 bits per heavy atom. The van der Waals surface area contributed by atoms with Crippen molar-refractivity contribution in [1.29, 1.82) is 0 Å². The summed E-state index contributed by atoms with van der Waals surface area (Å²) in [4.78, 5) is 4.66. The molecule has 0 atom stereocenters. The smallest absolute Gasteiger partial charge is 0.199 e. The Morgan fingerprint density at radius 2 is 1.63 bits per heavy atom. The number of fused-ring (bicyclic) bond motifs is 2. The van der Waals surface area contributed by atoms with Crippen LogP contribution in [0.15, 0.2) is 45.3 Å². The first kappa shape index (κ1) is 17.8. The maximum atomic E-state index is 6.05. The molecule has 4 rings (SSSR count). The molecule has 2 heterocycles. The predicted octanol–water partition coefficient (Wildman–Crippen LogP) is 6.15. The maximum absolute atomic E-state index is 6.05. The zero-order valence-electron chi connectivity index (χ0n) is 16.9. The van der Waals surface area contributed by atoms with Crippen molar-refractivity contribution >= 4 is 22.1 Å². The zero-order valence-corrected chi connectivity index (χ0v) is 16.9. The minimum absolute atomic E-state index is 0.0646. The molecule has 0 radical (unpaired) electrons. The summed E-state index contributed by atoms with van der Waals surface area (Å²) >= 11 is 0. The molecule has 0 N–H and O–H groups in total. The van der Waals surface area contributed by atoms with Gasteiger partial charge in [-0.3, -0.25) is 0 Å². The summed E-state index contributed by atoms with van der Waals surface area (Å²) in [5.41, 5.74) is 5.95. The molecule has 0 aliphatic carbocycles. The Labute approximate surface area is 159 Å². The van der Waals surface area contributed by atoms with Gasteiger partial charge < -0.3 is 8.94 Å². The van der Waals surface area contributed by atoms with Crippen molar-refractivity contribution < 1.29 is 8.94 Å². The van der Waals surface area contributed by atoms with Crippen molar-refractivity contribution in [3.05, 3.63) is 59.1 Å². The van der Waals surface area contributed by atoms with Crippen LogP contribution in [-0.2, 0) is 17.3 Å². The number of aromatic nitrogens is 2. The van der Waals surface area contributed by atoms with E-state index in [1.54, 1.807) is 0 Å². The summed E-state index contributed by atoms with van der Waals surface area (Å²) in [5.74, 6) is 0.726. The summed E-state index contributed by atoms with van der Waals surface area (Å²) in [6, 6.07) is 12.5. The molecule has 4 nitrogen and oxygen atoms in total. The van der Waals surface area contributed by atoms with E-state index in [2.05, 4.69) is 75.9 Å². The molecule has 140 valence electrons. The van der Waals surface area contributed by atoms with Crippen LogP contribution in [0.2, 0.25) is 0 Å². The molecule has 0 unspecified atom stereocenters. The average molecular weight is 362 g/mol. The van der Waals surface area contributed by atoms with Gasteiger partial charge in [0.15, 0.2) is 17.1 Å². The van der Waals surface area contributed by atoms with Gasteiger partial charge in [-0.1, -0.05) is 58.8 Å². The lowest BCUT2D eigenvalue weighted by molar-refractivity contribution is 0.419. The number of rotatable bonds is 2. The number of oxazole rings is 1. The fraction of sp³-hybridized carbons (Fsp3) is 0.391. The fourth-order valence-corrected chi connectivity index (χ4v) is 3.33. The van der Waals surface area contributed by atoms with Crippen molar-refractivity contribution in [3.63, 3.8) is 0 Å². The highest BCUT2D eigenvalue weighted by Crippen LogP contribution is 2.31. The molecule has 0 saturated carbocycles. The number of nitrogens with zero attached hydrogens (tertiary/aromatic N) is 2. The average Bonchev–Trinajstić information content (AvgIpc) is 3.15. The second-order valence-corrected chi connectivity index (χ2v) is 9.33. The molecule has 0 spiro atoms. The van der Waals surface area contributed by atoms with Crippen LogP contribution in [0, 0.1) is 0 Å². The summed E-state index contributed by atoms with van der Waals surface area (Å²) in [7, 11) is 0. The van der Waals surface area contributed by atoms with E-state index in [9.17, 15) is 0 Å². The van der Waals surface area contributed by atoms with E-state index in [0.717, 1.165) is 39.2 Å². The lowest BCUT2D eigenvalue weighted by atomic mass is 9.87. The van der Waals surface area contributed by atoms with Gasteiger partial charge in [-0.25, -0.2) is 4.98 Å². The van der Waals surface area contributed by atoms with Gasteiger partial charge in [-0.05, 0) is 40.8 Å². The summed E-state index contributed by atoms with van der Waals surface area (Å²) in [6.45, 7) is 13.0. The molecule has 0 bridgehead atoms. The van der Waals surface area contributed by atoms with Gasteiger partial charge in [0.25, 0.3) is 0 Å². The largest absolute Gasteiger partial charge is 0.440 e. The van der Waals surface area contributed by atoms with Gasteiger partial charge in [0.1, 0.15) is 5.52 Å². The van der Waals surface area contributed by atoms with Crippen molar-refractivity contribution in [2.75, 3.05) is 0 Å². The predicted molar refractivity (Wildman–Crippen MR) is 108 cm³/mol. The van der Waals surface area contributed by atoms with Gasteiger partial charge in [0.2, 0.25) is 0 Å². The monoisotopic (exact) mass is 362 g/mol. The molecule has 0 fully saturated rings. The molecule has 27 heavy (non-hydrogen) atoms. The minimum Gasteiger partial charge on any atom is -0.440 e. The highest BCUT2D eigenvalue weighted by atomic mass is 16.5. The maximum Gasteiger partial charge on any atom is 0.199 e. The Morgan fingerprint density at radius 3 is 2.33 bits per heavy atom. The molecular formula is C23H26N2O2. The minimum atomic E-state index is -0.0646. The first-order chi connectivity index (χ1) is 12.6. The van der Waals surface area contributed by atoms with Gasteiger partial charge >= 0.3 is 0 Å². The lowest BCUT2D eigenvalue weighted by Gasteiger charge is -2.18. The first-order valence-corrected chi connectivity index (χ1v) is 9.40. The van der Waals surface area contributed by atoms with Crippen LogP contribution in [0.5, 0.6) is 0 Å². The Balaban J connectivity index is 1.69. The molecule has 4 heteroatoms. The number of hydrogen-bond acceptors (Lipinski definition) is 4. The van der Waals surface area contributed by atoms with Crippen LogP contribution in [0.1, 0.15) is 64.3 Å². The molecule has 0 aliphatic heterocycles. The Bertz CT molecular complexity index is 1120. The normalized spacial score (nSPS) is 13.0. The standard InChI is InChI=1S/C23H26N2O2/c1-22(2,3)15-8-9-17-19(13-15)26-20(24-17)12-14-7-10-18-16(11-14)21(25-27-18)23(4,5)6/h7-11,13H,12H2,1-6H3. The summed E-state index contributed by atoms with van der Waals surface area (Å²) < 4.78 is 11.5. The van der Waals surface area contributed by atoms with E-state index in [1.807, 2.05) is 12.1 Å². The third-order valence-corrected chi connectivity index (χ3v) is 4.90. The van der Waals surface area contributed by atoms with E-state index < -0.39 is 0 Å². The van der Waals surface area contributed by atoms with E-state index >= 15 is 0 Å². The summed E-state index contributed by atoms with van der Waals surface area (Å²) in [5, 5.41) is 5.33. The van der Waals surface area contributed by atoms with Crippen LogP contribution >= 0.6 is 0 Å². The molecular weight excluding hydrogens is 336 g/mol. The van der Waals surface area contributed by atoms with E-state index in [4.69, 9.17) is 8.94 Å². The van der Waals surface area contributed by atoms with Crippen LogP contribution in [0.25, 0.3) is 22.1 Å². The Kier molecular flexibility index (Phi) is 3.91. The van der Waals surface area contributed by atoms with Gasteiger partial charge in [-0.15, -0.1) is 0 Å². The van der Waals surface area contributed by atoms with Crippen molar-refractivity contribution in [2.45, 2.75) is 58.8 Å². The highest BCUT2D eigenvalue weighted by Gasteiger charge is 2.22.